The van der Waals surface area contributed by atoms with Crippen molar-refractivity contribution in [2.45, 2.75) is 45.3 Å². The molecule has 1 atom stereocenters. The van der Waals surface area contributed by atoms with Crippen molar-refractivity contribution in [3.63, 3.8) is 0 Å². The van der Waals surface area contributed by atoms with Gasteiger partial charge in [-0.05, 0) is 37.5 Å². The van der Waals surface area contributed by atoms with Crippen molar-refractivity contribution in [3.05, 3.63) is 41.5 Å². The molecule has 1 aromatic carbocycles. The Bertz CT molecular complexity index is 797. The number of carbonyl (C=O) groups is 1. The fraction of sp³-hybridized carbons (Fsp3) is 0.550. The molecule has 7 heteroatoms. The van der Waals surface area contributed by atoms with Crippen LogP contribution in [0, 0.1) is 5.92 Å². The zero-order chi connectivity index (χ0) is 18.8. The summed E-state index contributed by atoms with van der Waals surface area (Å²) in [6, 6.07) is 8.14. The molecule has 2 aromatic rings. The van der Waals surface area contributed by atoms with Gasteiger partial charge in [-0.2, -0.15) is 0 Å². The van der Waals surface area contributed by atoms with Crippen molar-refractivity contribution >= 4 is 5.91 Å². The fourth-order valence-corrected chi connectivity index (χ4v) is 3.60. The summed E-state index contributed by atoms with van der Waals surface area (Å²) in [6.07, 6.45) is 2.89. The van der Waals surface area contributed by atoms with Crippen molar-refractivity contribution in [1.82, 2.24) is 25.0 Å². The number of hydrogen-bond donors (Lipinski definition) is 1. The number of amides is 1. The van der Waals surface area contributed by atoms with Crippen LogP contribution in [0.15, 0.2) is 24.3 Å². The summed E-state index contributed by atoms with van der Waals surface area (Å²) in [7, 11) is 1.69. The normalized spacial score (nSPS) is 18.4. The van der Waals surface area contributed by atoms with Gasteiger partial charge in [-0.1, -0.05) is 12.1 Å². The third kappa shape index (κ3) is 4.13. The van der Waals surface area contributed by atoms with Crippen molar-refractivity contribution in [2.75, 3.05) is 20.2 Å². The van der Waals surface area contributed by atoms with E-state index in [1.165, 1.54) is 5.56 Å². The lowest BCUT2D eigenvalue weighted by atomic mass is 10.2. The standard InChI is InChI=1S/C20H27N5O2/c1-14(21-20(26)16-5-6-16)19-23-22-18-9-10-24(11-12-25(18)19)13-15-3-7-17(27-2)8-4-15/h3-4,7-8,14,16H,5-6,9-13H2,1-2H3,(H,21,26)/t14-/m1/s1. The number of hydrogen-bond acceptors (Lipinski definition) is 5. The SMILES string of the molecule is COc1ccc(CN2CCc3nnc([C@@H](C)NC(=O)C4CC4)n3CC2)cc1. The van der Waals surface area contributed by atoms with Crippen molar-refractivity contribution < 1.29 is 9.53 Å². The number of benzene rings is 1. The highest BCUT2D eigenvalue weighted by molar-refractivity contribution is 5.81. The molecule has 0 bridgehead atoms. The number of rotatable bonds is 6. The van der Waals surface area contributed by atoms with Crippen molar-refractivity contribution in [3.8, 4) is 5.75 Å². The summed E-state index contributed by atoms with van der Waals surface area (Å²) in [5, 5.41) is 11.8. The van der Waals surface area contributed by atoms with Crippen LogP contribution in [0.3, 0.4) is 0 Å². The number of fused-ring (bicyclic) bond motifs is 1. The molecule has 0 unspecified atom stereocenters. The third-order valence-electron chi connectivity index (χ3n) is 5.41. The zero-order valence-corrected chi connectivity index (χ0v) is 16.0. The van der Waals surface area contributed by atoms with Gasteiger partial charge in [0, 0.05) is 38.5 Å². The first-order valence-corrected chi connectivity index (χ1v) is 9.71. The Balaban J connectivity index is 1.39. The van der Waals surface area contributed by atoms with Crippen LogP contribution in [0.25, 0.3) is 0 Å². The van der Waals surface area contributed by atoms with Gasteiger partial charge in [0.15, 0.2) is 5.82 Å². The van der Waals surface area contributed by atoms with E-state index >= 15 is 0 Å². The summed E-state index contributed by atoms with van der Waals surface area (Å²) in [6.45, 7) is 5.64. The molecule has 2 heterocycles. The van der Waals surface area contributed by atoms with Gasteiger partial charge in [-0.3, -0.25) is 9.69 Å². The molecule has 1 amide bonds. The monoisotopic (exact) mass is 369 g/mol. The summed E-state index contributed by atoms with van der Waals surface area (Å²) < 4.78 is 7.42. The van der Waals surface area contributed by atoms with Crippen LogP contribution in [0.4, 0.5) is 0 Å². The lowest BCUT2D eigenvalue weighted by Gasteiger charge is -2.20. The van der Waals surface area contributed by atoms with Gasteiger partial charge in [-0.15, -0.1) is 10.2 Å². The predicted octanol–water partition coefficient (Wildman–Crippen LogP) is 1.93. The molecule has 1 fully saturated rings. The molecule has 1 aromatic heterocycles. The smallest absolute Gasteiger partial charge is 0.223 e. The first kappa shape index (κ1) is 18.0. The zero-order valence-electron chi connectivity index (χ0n) is 16.0. The van der Waals surface area contributed by atoms with Crippen LogP contribution >= 0.6 is 0 Å². The van der Waals surface area contributed by atoms with E-state index in [1.807, 2.05) is 19.1 Å². The number of nitrogens with one attached hydrogen (secondary N) is 1. The fourth-order valence-electron chi connectivity index (χ4n) is 3.60. The number of carbonyl (C=O) groups excluding carboxylic acids is 1. The highest BCUT2D eigenvalue weighted by atomic mass is 16.5. The Morgan fingerprint density at radius 2 is 2.00 bits per heavy atom. The minimum atomic E-state index is -0.104. The van der Waals surface area contributed by atoms with Crippen LogP contribution in [-0.2, 0) is 24.3 Å². The van der Waals surface area contributed by atoms with E-state index in [4.69, 9.17) is 4.74 Å². The second-order valence-corrected chi connectivity index (χ2v) is 7.50. The maximum Gasteiger partial charge on any atom is 0.223 e. The van der Waals surface area contributed by atoms with E-state index in [1.54, 1.807) is 7.11 Å². The molecule has 1 aliphatic carbocycles. The average Bonchev–Trinajstić information content (AvgIpc) is 3.48. The summed E-state index contributed by atoms with van der Waals surface area (Å²) in [5.41, 5.74) is 1.28. The average molecular weight is 369 g/mol. The second-order valence-electron chi connectivity index (χ2n) is 7.50. The molecular weight excluding hydrogens is 342 g/mol. The van der Waals surface area contributed by atoms with E-state index in [0.29, 0.717) is 0 Å². The van der Waals surface area contributed by atoms with Gasteiger partial charge in [0.2, 0.25) is 5.91 Å². The van der Waals surface area contributed by atoms with Crippen LogP contribution in [0.2, 0.25) is 0 Å². The van der Waals surface area contributed by atoms with Gasteiger partial charge in [0.1, 0.15) is 11.6 Å². The Morgan fingerprint density at radius 3 is 2.70 bits per heavy atom. The number of aromatic nitrogens is 3. The maximum absolute atomic E-state index is 12.1. The first-order valence-electron chi connectivity index (χ1n) is 9.71. The topological polar surface area (TPSA) is 72.3 Å². The Labute approximate surface area is 159 Å². The minimum Gasteiger partial charge on any atom is -0.497 e. The highest BCUT2D eigenvalue weighted by Gasteiger charge is 2.31. The number of methoxy groups -OCH3 is 1. The largest absolute Gasteiger partial charge is 0.497 e. The van der Waals surface area contributed by atoms with E-state index in [-0.39, 0.29) is 17.9 Å². The van der Waals surface area contributed by atoms with Gasteiger partial charge >= 0.3 is 0 Å². The Hall–Kier alpha value is -2.41. The first-order chi connectivity index (χ1) is 13.1. The Morgan fingerprint density at radius 1 is 1.22 bits per heavy atom. The van der Waals surface area contributed by atoms with Crippen molar-refractivity contribution in [1.29, 1.82) is 0 Å². The molecule has 0 radical (unpaired) electrons. The summed E-state index contributed by atoms with van der Waals surface area (Å²) >= 11 is 0. The molecule has 2 aliphatic rings. The summed E-state index contributed by atoms with van der Waals surface area (Å²) in [5.74, 6) is 3.11. The van der Waals surface area contributed by atoms with Gasteiger partial charge in [-0.25, -0.2) is 0 Å². The van der Waals surface area contributed by atoms with E-state index < -0.39 is 0 Å². The number of nitrogens with zero attached hydrogens (tertiary/aromatic N) is 4. The van der Waals surface area contributed by atoms with Gasteiger partial charge in [0.05, 0.1) is 13.2 Å². The van der Waals surface area contributed by atoms with Crippen LogP contribution < -0.4 is 10.1 Å². The van der Waals surface area contributed by atoms with Crippen LogP contribution in [0.1, 0.15) is 43.0 Å². The predicted molar refractivity (Wildman–Crippen MR) is 101 cm³/mol. The number of ether oxygens (including phenoxy) is 1. The molecule has 144 valence electrons. The molecule has 1 saturated carbocycles. The van der Waals surface area contributed by atoms with Gasteiger partial charge < -0.3 is 14.6 Å². The van der Waals surface area contributed by atoms with Crippen LogP contribution in [0.5, 0.6) is 5.75 Å². The van der Waals surface area contributed by atoms with Gasteiger partial charge in [0.25, 0.3) is 0 Å². The second kappa shape index (κ2) is 7.68. The molecule has 0 saturated heterocycles. The van der Waals surface area contributed by atoms with E-state index in [9.17, 15) is 4.79 Å². The molecule has 27 heavy (non-hydrogen) atoms. The molecule has 1 aliphatic heterocycles. The lowest BCUT2D eigenvalue weighted by molar-refractivity contribution is -0.123. The van der Waals surface area contributed by atoms with Crippen molar-refractivity contribution in [2.24, 2.45) is 5.92 Å². The molecule has 4 rings (SSSR count). The molecular formula is C20H27N5O2. The maximum atomic E-state index is 12.1. The molecule has 7 nitrogen and oxygen atoms in total. The van der Waals surface area contributed by atoms with E-state index in [0.717, 1.165) is 62.8 Å². The Kier molecular flexibility index (Phi) is 5.11. The lowest BCUT2D eigenvalue weighted by Crippen LogP contribution is -2.31. The quantitative estimate of drug-likeness (QED) is 0.842. The molecule has 0 spiro atoms. The van der Waals surface area contributed by atoms with Crippen LogP contribution in [-0.4, -0.2) is 45.8 Å². The van der Waals surface area contributed by atoms with E-state index in [2.05, 4.69) is 37.1 Å². The summed E-state index contributed by atoms with van der Waals surface area (Å²) in [4.78, 5) is 14.5. The highest BCUT2D eigenvalue weighted by Crippen LogP contribution is 2.29. The minimum absolute atomic E-state index is 0.104. The third-order valence-corrected chi connectivity index (χ3v) is 5.41. The molecule has 1 N–H and O–H groups in total.